The number of nitrogens with zero attached hydrogens (tertiary/aromatic N) is 4. The topological polar surface area (TPSA) is 74.3 Å². The number of aliphatic hydroxyl groups is 1. The molecule has 11 heteroatoms. The van der Waals surface area contributed by atoms with Gasteiger partial charge in [0.2, 0.25) is 0 Å². The van der Waals surface area contributed by atoms with E-state index in [0.717, 1.165) is 24.1 Å². The van der Waals surface area contributed by atoms with Gasteiger partial charge in [0, 0.05) is 43.1 Å². The summed E-state index contributed by atoms with van der Waals surface area (Å²) in [4.78, 5) is 1.89. The number of anilines is 1. The Morgan fingerprint density at radius 3 is 2.53 bits per heavy atom. The highest BCUT2D eigenvalue weighted by molar-refractivity contribution is 14.2. The summed E-state index contributed by atoms with van der Waals surface area (Å²) < 4.78 is 41.4. The van der Waals surface area contributed by atoms with Crippen LogP contribution in [0.1, 0.15) is 31.7 Å². The number of allylic oxidation sites excluding steroid dienone is 2. The Kier molecular flexibility index (Phi) is 9.87. The molecular weight excluding hydrogens is 667 g/mol. The Morgan fingerprint density at radius 2 is 2.00 bits per heavy atom. The van der Waals surface area contributed by atoms with Crippen LogP contribution in [0, 0.1) is 22.7 Å². The molecule has 0 bridgehead atoms. The van der Waals surface area contributed by atoms with Gasteiger partial charge in [-0.05, 0) is 59.8 Å². The van der Waals surface area contributed by atoms with E-state index in [4.69, 9.17) is 22.7 Å². The molecule has 0 aliphatic carbocycles. The van der Waals surface area contributed by atoms with Gasteiger partial charge < -0.3 is 10.0 Å². The van der Waals surface area contributed by atoms with Gasteiger partial charge in [0.15, 0.2) is 11.3 Å². The lowest BCUT2D eigenvalue weighted by atomic mass is 10.0. The van der Waals surface area contributed by atoms with E-state index in [0.29, 0.717) is 16.0 Å². The first-order valence-corrected chi connectivity index (χ1v) is 13.7. The van der Waals surface area contributed by atoms with Gasteiger partial charge in [-0.2, -0.15) is 23.7 Å². The molecule has 2 atom stereocenters. The molecule has 0 aromatic heterocycles. The molecule has 1 aliphatic rings. The van der Waals surface area contributed by atoms with Crippen LogP contribution in [-0.4, -0.2) is 39.7 Å². The number of unbranched alkanes of at least 4 members (excludes halogenated alkanes) is 1. The van der Waals surface area contributed by atoms with Crippen LogP contribution in [-0.2, 0) is 6.42 Å². The maximum absolute atomic E-state index is 12.6. The molecule has 0 spiro atoms. The molecule has 32 heavy (non-hydrogen) atoms. The molecule has 1 aliphatic heterocycles. The smallest absolute Gasteiger partial charge is 0.370 e. The van der Waals surface area contributed by atoms with Crippen LogP contribution in [0.25, 0.3) is 0 Å². The second-order valence-corrected chi connectivity index (χ2v) is 10.7. The van der Waals surface area contributed by atoms with Crippen LogP contribution < -0.4 is 4.90 Å². The summed E-state index contributed by atoms with van der Waals surface area (Å²) in [6.45, 7) is 1.89. The fourth-order valence-electron chi connectivity index (χ4n) is 3.11. The van der Waals surface area contributed by atoms with E-state index in [9.17, 15) is 18.3 Å². The zero-order chi connectivity index (χ0) is 23.9. The maximum atomic E-state index is 12.6. The Morgan fingerprint density at radius 1 is 1.34 bits per heavy atom. The number of benzene rings is 1. The first-order valence-electron chi connectivity index (χ1n) is 9.53. The number of nitriles is 2. The van der Waals surface area contributed by atoms with Gasteiger partial charge in [0.05, 0.1) is 24.1 Å². The Labute approximate surface area is 214 Å². The lowest BCUT2D eigenvalue weighted by Gasteiger charge is -2.35. The molecule has 0 saturated carbocycles. The molecule has 172 valence electrons. The van der Waals surface area contributed by atoms with Gasteiger partial charge in [-0.15, -0.1) is 0 Å². The van der Waals surface area contributed by atoms with E-state index >= 15 is 0 Å². The summed E-state index contributed by atoms with van der Waals surface area (Å²) in [5.41, 5.74) is 0.815. The molecule has 1 heterocycles. The van der Waals surface area contributed by atoms with Crippen molar-refractivity contribution in [2.75, 3.05) is 9.33 Å². The summed E-state index contributed by atoms with van der Waals surface area (Å²) >= 11 is 6.73. The number of hydrogen-bond acceptors (Lipinski definition) is 4. The summed E-state index contributed by atoms with van der Waals surface area (Å²) in [6.07, 6.45) is -3.42. The van der Waals surface area contributed by atoms with Crippen molar-refractivity contribution in [3.8, 4) is 12.1 Å². The predicted molar refractivity (Wildman–Crippen MR) is 140 cm³/mol. The fraction of sp³-hybridized carbons (Fsp3) is 0.429. The molecule has 1 aromatic rings. The van der Waals surface area contributed by atoms with Crippen molar-refractivity contribution in [1.82, 2.24) is 3.11 Å². The first kappa shape index (κ1) is 27.0. The average Bonchev–Trinajstić information content (AvgIpc) is 2.93. The second-order valence-electron chi connectivity index (χ2n) is 7.29. The van der Waals surface area contributed by atoms with Crippen LogP contribution in [0.3, 0.4) is 0 Å². The standard InChI is InChI=1S/C21H21F3I2N4OS/c1-20(14-25)18(31)30(26-10-9-16(13-28)12-21(22,23)24)19(32)29(20)17-7-5-15(6-8-17)4-2-3-11-27/h5-10,18,31H,2-4,12,14H2,1H3/b16-9+. The third-order valence-corrected chi connectivity index (χ3v) is 9.35. The van der Waals surface area contributed by atoms with Crippen molar-refractivity contribution < 1.29 is 18.3 Å². The van der Waals surface area contributed by atoms with Crippen LogP contribution in [0.2, 0.25) is 0 Å². The molecule has 0 radical (unpaired) electrons. The zero-order valence-electron chi connectivity index (χ0n) is 17.1. The van der Waals surface area contributed by atoms with Crippen molar-refractivity contribution in [2.45, 2.75) is 50.6 Å². The van der Waals surface area contributed by atoms with Crippen molar-refractivity contribution in [3.63, 3.8) is 0 Å². The second kappa shape index (κ2) is 11.7. The van der Waals surface area contributed by atoms with Crippen molar-refractivity contribution >= 4 is 70.6 Å². The Balaban J connectivity index is 2.26. The molecule has 1 N–H and O–H groups in total. The van der Waals surface area contributed by atoms with Crippen molar-refractivity contribution in [1.29, 1.82) is 10.5 Å². The van der Waals surface area contributed by atoms with Crippen LogP contribution >= 0.6 is 55.8 Å². The fourth-order valence-corrected chi connectivity index (χ4v) is 6.82. The number of halogens is 5. The number of hydrogen-bond donors (Lipinski definition) is 1. The lowest BCUT2D eigenvalue weighted by molar-refractivity contribution is -0.126. The van der Waals surface area contributed by atoms with E-state index < -0.39 is 45.4 Å². The summed E-state index contributed by atoms with van der Waals surface area (Å²) in [7, 11) is 0. The maximum Gasteiger partial charge on any atom is 0.393 e. The van der Waals surface area contributed by atoms with Crippen LogP contribution in [0.15, 0.2) is 35.9 Å². The van der Waals surface area contributed by atoms with Crippen molar-refractivity contribution in [2.24, 2.45) is 0 Å². The molecule has 1 saturated heterocycles. The predicted octanol–water partition coefficient (Wildman–Crippen LogP) is 5.54. The third-order valence-electron chi connectivity index (χ3n) is 4.84. The highest BCUT2D eigenvalue weighted by atomic mass is 127. The van der Waals surface area contributed by atoms with Gasteiger partial charge in [-0.3, -0.25) is 3.11 Å². The van der Waals surface area contributed by atoms with Crippen LogP contribution in [0.5, 0.6) is 0 Å². The van der Waals surface area contributed by atoms with Gasteiger partial charge in [-0.1, -0.05) is 34.7 Å². The quantitative estimate of drug-likeness (QED) is 0.0967. The van der Waals surface area contributed by atoms with Crippen molar-refractivity contribution in [3.05, 3.63) is 41.5 Å². The molecule has 5 nitrogen and oxygen atoms in total. The molecule has 2 rings (SSSR count). The molecule has 1 aromatic carbocycles. The molecule has 2 unspecified atom stereocenters. The molecule has 1 fully saturated rings. The van der Waals surface area contributed by atoms with E-state index in [2.05, 4.69) is 28.7 Å². The minimum atomic E-state index is -4.45. The highest BCUT2D eigenvalue weighted by Gasteiger charge is 2.51. The SMILES string of the molecule is CC1(CI)C(O)N(I=C/C=C(/C#N)CC(F)(F)F)C(=S)N1c1ccc(CCCC#N)cc1. The van der Waals surface area contributed by atoms with E-state index in [1.807, 2.05) is 36.1 Å². The minimum absolute atomic E-state index is 0.377. The third kappa shape index (κ3) is 6.62. The van der Waals surface area contributed by atoms with Gasteiger partial charge in [-0.25, -0.2) is 0 Å². The largest absolute Gasteiger partial charge is 0.393 e. The Bertz CT molecular complexity index is 969. The van der Waals surface area contributed by atoms with E-state index in [1.165, 1.54) is 10.1 Å². The number of aliphatic hydroxyl groups excluding tert-OH is 1. The van der Waals surface area contributed by atoms with E-state index in [1.54, 1.807) is 9.18 Å². The van der Waals surface area contributed by atoms with Gasteiger partial charge >= 0.3 is 6.18 Å². The molecule has 0 amide bonds. The van der Waals surface area contributed by atoms with Gasteiger partial charge in [0.25, 0.3) is 0 Å². The Hall–Kier alpha value is -1.29. The highest BCUT2D eigenvalue weighted by Crippen LogP contribution is 2.40. The number of rotatable bonds is 8. The van der Waals surface area contributed by atoms with E-state index in [-0.39, 0.29) is 5.57 Å². The monoisotopic (exact) mass is 688 g/mol. The summed E-state index contributed by atoms with van der Waals surface area (Å²) in [5, 5.41) is 29.1. The zero-order valence-corrected chi connectivity index (χ0v) is 22.2. The minimum Gasteiger partial charge on any atom is -0.370 e. The average molecular weight is 688 g/mol. The number of aryl methyl sites for hydroxylation is 1. The number of thiocarbonyl (C=S) groups is 1. The van der Waals surface area contributed by atoms with Crippen LogP contribution in [0.4, 0.5) is 18.9 Å². The first-order chi connectivity index (χ1) is 15.1. The summed E-state index contributed by atoms with van der Waals surface area (Å²) in [5.74, 6) is 0. The molecular formula is C21H21F3I2N4OS. The lowest BCUT2D eigenvalue weighted by Crippen LogP contribution is -2.51. The normalized spacial score (nSPS) is 22.1. The number of alkyl halides is 4. The van der Waals surface area contributed by atoms with Gasteiger partial charge in [0.1, 0.15) is 0 Å². The summed E-state index contributed by atoms with van der Waals surface area (Å²) in [6, 6.07) is 11.5.